The average molecular weight is 501 g/mol. The van der Waals surface area contributed by atoms with E-state index in [-0.39, 0.29) is 12.2 Å². The predicted molar refractivity (Wildman–Crippen MR) is 146 cm³/mol. The molecule has 5 nitrogen and oxygen atoms in total. The summed E-state index contributed by atoms with van der Waals surface area (Å²) < 4.78 is 6.18. The molecule has 7 rings (SSSR count). The Kier molecular flexibility index (Phi) is 6.74. The van der Waals surface area contributed by atoms with Gasteiger partial charge in [-0.15, -0.1) is 0 Å². The van der Waals surface area contributed by atoms with Gasteiger partial charge >= 0.3 is 6.09 Å². The summed E-state index contributed by atoms with van der Waals surface area (Å²) in [6, 6.07) is 18.6. The molecule has 4 aliphatic carbocycles. The zero-order valence-electron chi connectivity index (χ0n) is 21.9. The van der Waals surface area contributed by atoms with Crippen molar-refractivity contribution in [3.8, 4) is 0 Å². The second kappa shape index (κ2) is 10.2. The first kappa shape index (κ1) is 24.5. The topological polar surface area (TPSA) is 74.4 Å². The Morgan fingerprint density at radius 3 is 2.43 bits per heavy atom. The standard InChI is InChI=1S/C32H40N2O3/c1-32(19-26-20-33-28-12-6-5-11-27(26)28,29(35)13-7-10-21-8-3-2-4-9-21)34-31(36)37-30-24-15-22-14-23(17-24)18-25(30)16-22/h2-6,8-9,11-12,20,22-25,29-30,33,35H,7,10,13-19H2,1H3,(H,34,36)/t22?,23?,24?,25?,29-,30?,32-/m1/s1. The summed E-state index contributed by atoms with van der Waals surface area (Å²) in [5.74, 6) is 2.70. The Hall–Kier alpha value is -2.79. The van der Waals surface area contributed by atoms with Crippen LogP contribution in [0.2, 0.25) is 0 Å². The van der Waals surface area contributed by atoms with Crippen molar-refractivity contribution in [3.05, 3.63) is 71.9 Å². The number of carbonyl (C=O) groups is 1. The van der Waals surface area contributed by atoms with Gasteiger partial charge in [-0.05, 0) is 106 Å². The van der Waals surface area contributed by atoms with E-state index >= 15 is 0 Å². The molecule has 0 radical (unpaired) electrons. The van der Waals surface area contributed by atoms with Gasteiger partial charge in [0.1, 0.15) is 6.10 Å². The fourth-order valence-corrected chi connectivity index (χ4v) is 7.84. The number of hydrogen-bond acceptors (Lipinski definition) is 3. The van der Waals surface area contributed by atoms with Crippen LogP contribution < -0.4 is 5.32 Å². The minimum absolute atomic E-state index is 0.0281. The van der Waals surface area contributed by atoms with Crippen molar-refractivity contribution in [3.63, 3.8) is 0 Å². The molecule has 5 heteroatoms. The van der Waals surface area contributed by atoms with Gasteiger partial charge in [0.05, 0.1) is 11.6 Å². The monoisotopic (exact) mass is 500 g/mol. The van der Waals surface area contributed by atoms with Crippen LogP contribution in [0.25, 0.3) is 10.9 Å². The number of aliphatic hydroxyl groups excluding tert-OH is 1. The summed E-state index contributed by atoms with van der Waals surface area (Å²) in [6.07, 6.45) is 10.1. The minimum Gasteiger partial charge on any atom is -0.446 e. The number of carbonyl (C=O) groups excluding carboxylic acids is 1. The predicted octanol–water partition coefficient (Wildman–Crippen LogP) is 6.40. The third-order valence-corrected chi connectivity index (χ3v) is 9.52. The third-order valence-electron chi connectivity index (χ3n) is 9.52. The molecule has 4 fully saturated rings. The highest BCUT2D eigenvalue weighted by Gasteiger charge is 2.50. The van der Waals surface area contributed by atoms with Crippen LogP contribution in [0.4, 0.5) is 4.79 Å². The molecule has 3 aromatic rings. The zero-order valence-corrected chi connectivity index (χ0v) is 21.9. The van der Waals surface area contributed by atoms with Crippen molar-refractivity contribution in [2.75, 3.05) is 0 Å². The highest BCUT2D eigenvalue weighted by atomic mass is 16.6. The highest BCUT2D eigenvalue weighted by Crippen LogP contribution is 2.54. The molecule has 0 saturated heterocycles. The van der Waals surface area contributed by atoms with Crippen molar-refractivity contribution in [2.24, 2.45) is 23.7 Å². The van der Waals surface area contributed by atoms with E-state index in [4.69, 9.17) is 4.74 Å². The van der Waals surface area contributed by atoms with E-state index in [0.29, 0.717) is 24.7 Å². The first-order valence-corrected chi connectivity index (χ1v) is 14.2. The van der Waals surface area contributed by atoms with Crippen molar-refractivity contribution in [1.29, 1.82) is 0 Å². The molecule has 4 saturated carbocycles. The molecule has 0 aliphatic heterocycles. The van der Waals surface area contributed by atoms with E-state index in [1.165, 1.54) is 37.7 Å². The van der Waals surface area contributed by atoms with Crippen LogP contribution in [0.1, 0.15) is 63.0 Å². The number of fused-ring (bicyclic) bond motifs is 1. The molecule has 4 aliphatic rings. The summed E-state index contributed by atoms with van der Waals surface area (Å²) in [5, 5.41) is 15.8. The lowest BCUT2D eigenvalue weighted by Gasteiger charge is -2.53. The number of aromatic nitrogens is 1. The summed E-state index contributed by atoms with van der Waals surface area (Å²) in [7, 11) is 0. The Morgan fingerprint density at radius 1 is 1.03 bits per heavy atom. The number of nitrogens with one attached hydrogen (secondary N) is 2. The quantitative estimate of drug-likeness (QED) is 0.318. The Bertz CT molecular complexity index is 1190. The summed E-state index contributed by atoms with van der Waals surface area (Å²) in [5.41, 5.74) is 2.58. The number of aryl methyl sites for hydroxylation is 1. The van der Waals surface area contributed by atoms with Gasteiger partial charge in [0.2, 0.25) is 0 Å². The summed E-state index contributed by atoms with van der Waals surface area (Å²) >= 11 is 0. The Labute approximate surface area is 220 Å². The number of rotatable bonds is 9. The first-order valence-electron chi connectivity index (χ1n) is 14.2. The van der Waals surface area contributed by atoms with E-state index in [0.717, 1.165) is 41.1 Å². The zero-order chi connectivity index (χ0) is 25.4. The number of H-pyrrole nitrogens is 1. The SMILES string of the molecule is C[C@](Cc1c[nH]c2ccccc12)(NC(=O)OC1C2CC3CC(C2)CC1C3)[C@H](O)CCCc1ccccc1. The number of ether oxygens (including phenoxy) is 1. The number of aromatic amines is 1. The van der Waals surface area contributed by atoms with Gasteiger partial charge in [0.25, 0.3) is 0 Å². The maximum Gasteiger partial charge on any atom is 0.407 e. The number of alkyl carbamates (subject to hydrolysis) is 1. The van der Waals surface area contributed by atoms with E-state index < -0.39 is 11.6 Å². The Morgan fingerprint density at radius 2 is 1.70 bits per heavy atom. The highest BCUT2D eigenvalue weighted by molar-refractivity contribution is 5.83. The van der Waals surface area contributed by atoms with Crippen molar-refractivity contribution >= 4 is 17.0 Å². The van der Waals surface area contributed by atoms with Crippen LogP contribution in [0.3, 0.4) is 0 Å². The molecular formula is C32H40N2O3. The van der Waals surface area contributed by atoms with Crippen molar-refractivity contribution in [2.45, 2.75) is 82.5 Å². The van der Waals surface area contributed by atoms with Gasteiger partial charge in [-0.2, -0.15) is 0 Å². The third kappa shape index (κ3) is 5.16. The molecule has 37 heavy (non-hydrogen) atoms. The number of hydrogen-bond donors (Lipinski definition) is 3. The van der Waals surface area contributed by atoms with Gasteiger partial charge in [-0.25, -0.2) is 4.79 Å². The number of aliphatic hydroxyl groups is 1. The van der Waals surface area contributed by atoms with E-state index in [9.17, 15) is 9.90 Å². The molecule has 3 N–H and O–H groups in total. The van der Waals surface area contributed by atoms with E-state index in [1.807, 2.05) is 31.3 Å². The second-order valence-electron chi connectivity index (χ2n) is 12.3. The number of benzene rings is 2. The summed E-state index contributed by atoms with van der Waals surface area (Å²) in [4.78, 5) is 16.7. The Balaban J connectivity index is 1.17. The maximum atomic E-state index is 13.4. The van der Waals surface area contributed by atoms with Gasteiger partial charge in [0.15, 0.2) is 0 Å². The second-order valence-corrected chi connectivity index (χ2v) is 12.3. The van der Waals surface area contributed by atoms with Crippen LogP contribution in [-0.4, -0.2) is 33.9 Å². The largest absolute Gasteiger partial charge is 0.446 e. The number of para-hydroxylation sites is 1. The fraction of sp³-hybridized carbons (Fsp3) is 0.531. The fourth-order valence-electron chi connectivity index (χ4n) is 7.84. The van der Waals surface area contributed by atoms with Gasteiger partial charge < -0.3 is 20.1 Å². The molecule has 1 heterocycles. The molecule has 196 valence electrons. The van der Waals surface area contributed by atoms with Crippen LogP contribution in [0, 0.1) is 23.7 Å². The molecule has 2 atom stereocenters. The molecule has 2 aromatic carbocycles. The molecule has 1 amide bonds. The average Bonchev–Trinajstić information content (AvgIpc) is 3.29. The van der Waals surface area contributed by atoms with Crippen LogP contribution in [0.5, 0.6) is 0 Å². The lowest BCUT2D eigenvalue weighted by molar-refractivity contribution is -0.0983. The van der Waals surface area contributed by atoms with Crippen LogP contribution in [-0.2, 0) is 17.6 Å². The van der Waals surface area contributed by atoms with Crippen LogP contribution in [0.15, 0.2) is 60.8 Å². The normalized spacial score (nSPS) is 28.6. The van der Waals surface area contributed by atoms with E-state index in [1.54, 1.807) is 0 Å². The van der Waals surface area contributed by atoms with Crippen molar-refractivity contribution in [1.82, 2.24) is 10.3 Å². The van der Waals surface area contributed by atoms with Crippen LogP contribution >= 0.6 is 0 Å². The molecular weight excluding hydrogens is 460 g/mol. The molecule has 4 bridgehead atoms. The minimum atomic E-state index is -0.843. The molecule has 0 unspecified atom stereocenters. The summed E-state index contributed by atoms with van der Waals surface area (Å²) in [6.45, 7) is 1.97. The van der Waals surface area contributed by atoms with Gasteiger partial charge in [-0.3, -0.25) is 0 Å². The van der Waals surface area contributed by atoms with Gasteiger partial charge in [-0.1, -0.05) is 48.5 Å². The van der Waals surface area contributed by atoms with E-state index in [2.05, 4.69) is 46.7 Å². The molecule has 1 aromatic heterocycles. The lowest BCUT2D eigenvalue weighted by Crippen LogP contribution is -2.58. The first-order chi connectivity index (χ1) is 18.0. The number of amides is 1. The lowest BCUT2D eigenvalue weighted by atomic mass is 9.55. The van der Waals surface area contributed by atoms with Gasteiger partial charge in [0, 0.05) is 17.1 Å². The smallest absolute Gasteiger partial charge is 0.407 e. The van der Waals surface area contributed by atoms with Crippen molar-refractivity contribution < 1.29 is 14.6 Å². The maximum absolute atomic E-state index is 13.4. The molecule has 0 spiro atoms.